The van der Waals surface area contributed by atoms with Crippen LogP contribution in [0.25, 0.3) is 0 Å². The Bertz CT molecular complexity index is 168. The molecule has 0 aromatic carbocycles. The molecular formula is C9H18N2O. The first-order chi connectivity index (χ1) is 5.63. The second kappa shape index (κ2) is 4.01. The molecule has 0 spiro atoms. The first kappa shape index (κ1) is 9.68. The van der Waals surface area contributed by atoms with Gasteiger partial charge in [-0.25, -0.2) is 0 Å². The Morgan fingerprint density at radius 2 is 2.25 bits per heavy atom. The van der Waals surface area contributed by atoms with Gasteiger partial charge in [-0.2, -0.15) is 0 Å². The Morgan fingerprint density at radius 1 is 1.58 bits per heavy atom. The van der Waals surface area contributed by atoms with Crippen molar-refractivity contribution >= 4 is 5.78 Å². The summed E-state index contributed by atoms with van der Waals surface area (Å²) in [5, 5.41) is 0. The molecule has 0 radical (unpaired) electrons. The number of nitrogens with two attached hydrogens (primary N) is 1. The lowest BCUT2D eigenvalue weighted by Crippen LogP contribution is -2.47. The number of Topliss-reactive ketones (excluding diaryl/α,β-unsaturated/α-hetero) is 1. The standard InChI is InChI=1S/C9H18N2O/c1-7(10)9(12)8-5-3-4-6-11(8)2/h7-8H,3-6,10H2,1-2H3. The van der Waals surface area contributed by atoms with E-state index in [4.69, 9.17) is 5.73 Å². The van der Waals surface area contributed by atoms with Crippen LogP contribution in [-0.4, -0.2) is 36.4 Å². The minimum Gasteiger partial charge on any atom is -0.322 e. The zero-order valence-electron chi connectivity index (χ0n) is 7.92. The van der Waals surface area contributed by atoms with Gasteiger partial charge in [0.2, 0.25) is 0 Å². The number of hydrogen-bond donors (Lipinski definition) is 1. The maximum absolute atomic E-state index is 11.5. The average Bonchev–Trinajstić information content (AvgIpc) is 2.04. The number of likely N-dealkylation sites (N-methyl/N-ethyl adjacent to an activating group) is 1. The maximum atomic E-state index is 11.5. The first-order valence-corrected chi connectivity index (χ1v) is 4.62. The van der Waals surface area contributed by atoms with Crippen LogP contribution in [0.4, 0.5) is 0 Å². The van der Waals surface area contributed by atoms with E-state index in [1.165, 1.54) is 6.42 Å². The lowest BCUT2D eigenvalue weighted by Gasteiger charge is -2.32. The minimum absolute atomic E-state index is 0.0822. The molecule has 0 bridgehead atoms. The van der Waals surface area contributed by atoms with Crippen LogP contribution >= 0.6 is 0 Å². The predicted octanol–water partition coefficient (Wildman–Crippen LogP) is 0.387. The molecule has 2 N–H and O–H groups in total. The second-order valence-electron chi connectivity index (χ2n) is 3.68. The fraction of sp³-hybridized carbons (Fsp3) is 0.889. The van der Waals surface area contributed by atoms with Crippen molar-refractivity contribution in [1.82, 2.24) is 4.90 Å². The van der Waals surface area contributed by atoms with E-state index in [1.807, 2.05) is 7.05 Å². The van der Waals surface area contributed by atoms with E-state index in [-0.39, 0.29) is 17.9 Å². The second-order valence-corrected chi connectivity index (χ2v) is 3.68. The molecule has 70 valence electrons. The van der Waals surface area contributed by atoms with E-state index in [9.17, 15) is 4.79 Å². The van der Waals surface area contributed by atoms with E-state index in [0.29, 0.717) is 0 Å². The third kappa shape index (κ3) is 2.05. The highest BCUT2D eigenvalue weighted by Gasteiger charge is 2.27. The van der Waals surface area contributed by atoms with Crippen LogP contribution in [0.5, 0.6) is 0 Å². The molecule has 0 aromatic rings. The van der Waals surface area contributed by atoms with E-state index in [0.717, 1.165) is 19.4 Å². The normalized spacial score (nSPS) is 28.4. The van der Waals surface area contributed by atoms with Crippen molar-refractivity contribution in [1.29, 1.82) is 0 Å². The Kier molecular flexibility index (Phi) is 3.23. The molecule has 12 heavy (non-hydrogen) atoms. The van der Waals surface area contributed by atoms with Gasteiger partial charge in [0.25, 0.3) is 0 Å². The number of piperidine rings is 1. The van der Waals surface area contributed by atoms with Crippen molar-refractivity contribution < 1.29 is 4.79 Å². The molecule has 1 aliphatic heterocycles. The maximum Gasteiger partial charge on any atom is 0.166 e. The molecule has 1 fully saturated rings. The molecular weight excluding hydrogens is 152 g/mol. The third-order valence-corrected chi connectivity index (χ3v) is 2.55. The molecule has 0 aliphatic carbocycles. The number of likely N-dealkylation sites (tertiary alicyclic amines) is 1. The van der Waals surface area contributed by atoms with Gasteiger partial charge in [0, 0.05) is 0 Å². The van der Waals surface area contributed by atoms with Gasteiger partial charge in [-0.05, 0) is 33.4 Å². The Morgan fingerprint density at radius 3 is 2.75 bits per heavy atom. The van der Waals surface area contributed by atoms with Crippen LogP contribution in [0.3, 0.4) is 0 Å². The number of rotatable bonds is 2. The topological polar surface area (TPSA) is 46.3 Å². The quantitative estimate of drug-likeness (QED) is 0.652. The van der Waals surface area contributed by atoms with Crippen LogP contribution in [0, 0.1) is 0 Å². The molecule has 1 heterocycles. The van der Waals surface area contributed by atoms with Crippen LogP contribution < -0.4 is 5.73 Å². The summed E-state index contributed by atoms with van der Waals surface area (Å²) in [6.07, 6.45) is 3.35. The molecule has 1 rings (SSSR count). The summed E-state index contributed by atoms with van der Waals surface area (Å²) in [6.45, 7) is 2.80. The summed E-state index contributed by atoms with van der Waals surface area (Å²) >= 11 is 0. The molecule has 3 nitrogen and oxygen atoms in total. The average molecular weight is 170 g/mol. The van der Waals surface area contributed by atoms with Crippen molar-refractivity contribution in [3.8, 4) is 0 Å². The van der Waals surface area contributed by atoms with Gasteiger partial charge < -0.3 is 5.73 Å². The van der Waals surface area contributed by atoms with Crippen LogP contribution in [0.15, 0.2) is 0 Å². The fourth-order valence-electron chi connectivity index (χ4n) is 1.74. The zero-order chi connectivity index (χ0) is 9.14. The number of hydrogen-bond acceptors (Lipinski definition) is 3. The van der Waals surface area contributed by atoms with E-state index < -0.39 is 0 Å². The zero-order valence-corrected chi connectivity index (χ0v) is 7.92. The van der Waals surface area contributed by atoms with Crippen molar-refractivity contribution in [2.75, 3.05) is 13.6 Å². The van der Waals surface area contributed by atoms with Crippen molar-refractivity contribution in [3.05, 3.63) is 0 Å². The molecule has 1 aliphatic rings. The number of carbonyl (C=O) groups excluding carboxylic acids is 1. The monoisotopic (exact) mass is 170 g/mol. The molecule has 1 saturated heterocycles. The van der Waals surface area contributed by atoms with Gasteiger partial charge in [-0.3, -0.25) is 9.69 Å². The molecule has 3 heteroatoms. The van der Waals surface area contributed by atoms with Gasteiger partial charge >= 0.3 is 0 Å². The lowest BCUT2D eigenvalue weighted by molar-refractivity contribution is -0.125. The van der Waals surface area contributed by atoms with Crippen LogP contribution in [-0.2, 0) is 4.79 Å². The Balaban J connectivity index is 2.53. The highest BCUT2D eigenvalue weighted by molar-refractivity contribution is 5.88. The summed E-state index contributed by atoms with van der Waals surface area (Å²) in [5.74, 6) is 0.192. The third-order valence-electron chi connectivity index (χ3n) is 2.55. The van der Waals surface area contributed by atoms with Crippen molar-refractivity contribution in [3.63, 3.8) is 0 Å². The Hall–Kier alpha value is -0.410. The number of ketones is 1. The van der Waals surface area contributed by atoms with E-state index in [1.54, 1.807) is 6.92 Å². The van der Waals surface area contributed by atoms with E-state index >= 15 is 0 Å². The summed E-state index contributed by atoms with van der Waals surface area (Å²) in [6, 6.07) is -0.228. The number of nitrogens with zero attached hydrogens (tertiary/aromatic N) is 1. The highest BCUT2D eigenvalue weighted by atomic mass is 16.1. The van der Waals surface area contributed by atoms with Gasteiger partial charge in [0.15, 0.2) is 5.78 Å². The lowest BCUT2D eigenvalue weighted by atomic mass is 9.96. The SMILES string of the molecule is CC(N)C(=O)C1CCCCN1C. The smallest absolute Gasteiger partial charge is 0.166 e. The van der Waals surface area contributed by atoms with Crippen LogP contribution in [0.1, 0.15) is 26.2 Å². The van der Waals surface area contributed by atoms with Gasteiger partial charge in [0.05, 0.1) is 12.1 Å². The van der Waals surface area contributed by atoms with E-state index in [2.05, 4.69) is 4.90 Å². The number of carbonyl (C=O) groups is 1. The van der Waals surface area contributed by atoms with Gasteiger partial charge in [-0.15, -0.1) is 0 Å². The van der Waals surface area contributed by atoms with Crippen molar-refractivity contribution in [2.24, 2.45) is 5.73 Å². The predicted molar refractivity (Wildman–Crippen MR) is 48.9 cm³/mol. The summed E-state index contributed by atoms with van der Waals surface area (Å²) in [4.78, 5) is 13.7. The van der Waals surface area contributed by atoms with Crippen molar-refractivity contribution in [2.45, 2.75) is 38.3 Å². The molecule has 0 amide bonds. The molecule has 0 saturated carbocycles. The summed E-state index contributed by atoms with van der Waals surface area (Å²) in [7, 11) is 2.00. The Labute approximate surface area is 73.9 Å². The van der Waals surface area contributed by atoms with Crippen LogP contribution in [0.2, 0.25) is 0 Å². The van der Waals surface area contributed by atoms with Gasteiger partial charge in [0.1, 0.15) is 0 Å². The largest absolute Gasteiger partial charge is 0.322 e. The first-order valence-electron chi connectivity index (χ1n) is 4.62. The van der Waals surface area contributed by atoms with Gasteiger partial charge in [-0.1, -0.05) is 6.42 Å². The molecule has 2 unspecified atom stereocenters. The minimum atomic E-state index is -0.310. The fourth-order valence-corrected chi connectivity index (χ4v) is 1.74. The molecule has 2 atom stereocenters. The highest BCUT2D eigenvalue weighted by Crippen LogP contribution is 2.16. The summed E-state index contributed by atoms with van der Waals surface area (Å²) < 4.78 is 0. The summed E-state index contributed by atoms with van der Waals surface area (Å²) in [5.41, 5.74) is 5.55. The molecule has 0 aromatic heterocycles.